The summed E-state index contributed by atoms with van der Waals surface area (Å²) in [5.41, 5.74) is 0.967. The van der Waals surface area contributed by atoms with Crippen molar-refractivity contribution in [1.82, 2.24) is 0 Å². The van der Waals surface area contributed by atoms with E-state index in [0.29, 0.717) is 17.0 Å². The van der Waals surface area contributed by atoms with Gasteiger partial charge >= 0.3 is 11.9 Å². The summed E-state index contributed by atoms with van der Waals surface area (Å²) in [5, 5.41) is 19.9. The highest BCUT2D eigenvalue weighted by molar-refractivity contribution is 6.07. The first-order valence-electron chi connectivity index (χ1n) is 9.01. The summed E-state index contributed by atoms with van der Waals surface area (Å²) in [6.07, 6.45) is 0.00114. The van der Waals surface area contributed by atoms with E-state index in [4.69, 9.17) is 19.5 Å². The van der Waals surface area contributed by atoms with Gasteiger partial charge in [-0.05, 0) is 19.4 Å². The van der Waals surface area contributed by atoms with Crippen molar-refractivity contribution in [2.75, 3.05) is 20.5 Å². The third-order valence-corrected chi connectivity index (χ3v) is 4.51. The lowest BCUT2D eigenvalue weighted by molar-refractivity contribution is -0.384. The van der Waals surface area contributed by atoms with Crippen LogP contribution in [0.5, 0.6) is 0 Å². The van der Waals surface area contributed by atoms with Gasteiger partial charge in [0.2, 0.25) is 0 Å². The lowest BCUT2D eigenvalue weighted by Crippen LogP contribution is -2.36. The van der Waals surface area contributed by atoms with Crippen LogP contribution in [0.3, 0.4) is 0 Å². The molecule has 1 heterocycles. The van der Waals surface area contributed by atoms with Crippen molar-refractivity contribution in [2.24, 2.45) is 10.9 Å². The second kappa shape index (κ2) is 10.3. The Morgan fingerprint density at radius 3 is 2.67 bits per heavy atom. The van der Waals surface area contributed by atoms with Crippen LogP contribution < -0.4 is 0 Å². The number of non-ortho nitro benzene ring substituents is 1. The maximum atomic E-state index is 12.8. The molecule has 30 heavy (non-hydrogen) atoms. The van der Waals surface area contributed by atoms with Gasteiger partial charge < -0.3 is 14.2 Å². The van der Waals surface area contributed by atoms with Gasteiger partial charge in [0.15, 0.2) is 6.79 Å². The molecule has 0 bridgehead atoms. The molecular weight excluding hydrogens is 394 g/mol. The summed E-state index contributed by atoms with van der Waals surface area (Å²) in [6, 6.07) is 7.55. The van der Waals surface area contributed by atoms with Crippen LogP contribution in [0.2, 0.25) is 0 Å². The van der Waals surface area contributed by atoms with Crippen LogP contribution in [0.4, 0.5) is 5.69 Å². The maximum absolute atomic E-state index is 12.8. The molecule has 1 aromatic carbocycles. The monoisotopic (exact) mass is 415 g/mol. The first-order chi connectivity index (χ1) is 14.3. The Morgan fingerprint density at radius 1 is 1.30 bits per heavy atom. The molecule has 0 spiro atoms. The van der Waals surface area contributed by atoms with E-state index in [1.54, 1.807) is 19.9 Å². The minimum Gasteiger partial charge on any atom is -0.461 e. The van der Waals surface area contributed by atoms with E-state index in [0.717, 1.165) is 0 Å². The van der Waals surface area contributed by atoms with Crippen LogP contribution in [0.15, 0.2) is 40.5 Å². The number of rotatable bonds is 8. The van der Waals surface area contributed by atoms with Crippen LogP contribution in [0, 0.1) is 27.4 Å². The fraction of sp³-hybridized carbons (Fsp3) is 0.400. The molecular formula is C20H21N3O7. The van der Waals surface area contributed by atoms with Gasteiger partial charge in [-0.25, -0.2) is 4.79 Å². The second-order valence-corrected chi connectivity index (χ2v) is 6.47. The number of hydrogen-bond acceptors (Lipinski definition) is 9. The molecule has 0 aliphatic carbocycles. The van der Waals surface area contributed by atoms with E-state index in [2.05, 4.69) is 4.99 Å². The highest BCUT2D eigenvalue weighted by Crippen LogP contribution is 2.41. The molecule has 2 atom stereocenters. The van der Waals surface area contributed by atoms with Gasteiger partial charge in [0.1, 0.15) is 12.5 Å². The Morgan fingerprint density at radius 2 is 2.03 bits per heavy atom. The molecule has 1 aliphatic heterocycles. The predicted octanol–water partition coefficient (Wildman–Crippen LogP) is 2.65. The number of nitro benzene ring substituents is 1. The number of methoxy groups -OCH3 is 1. The third-order valence-electron chi connectivity index (χ3n) is 4.51. The number of esters is 2. The number of carbonyl (C=O) groups excluding carboxylic acids is 2. The van der Waals surface area contributed by atoms with E-state index >= 15 is 0 Å². The van der Waals surface area contributed by atoms with E-state index in [1.807, 2.05) is 6.07 Å². The van der Waals surface area contributed by atoms with Crippen LogP contribution in [-0.4, -0.2) is 43.1 Å². The number of nitrogens with zero attached hydrogens (tertiary/aromatic N) is 3. The molecule has 0 aromatic heterocycles. The Bertz CT molecular complexity index is 946. The van der Waals surface area contributed by atoms with Crippen molar-refractivity contribution >= 4 is 23.3 Å². The van der Waals surface area contributed by atoms with Crippen molar-refractivity contribution in [3.63, 3.8) is 0 Å². The highest BCUT2D eigenvalue weighted by atomic mass is 16.7. The van der Waals surface area contributed by atoms with Gasteiger partial charge in [0, 0.05) is 36.6 Å². The van der Waals surface area contributed by atoms with Gasteiger partial charge in [-0.15, -0.1) is 0 Å². The fourth-order valence-electron chi connectivity index (χ4n) is 3.27. The van der Waals surface area contributed by atoms with Crippen LogP contribution in [0.1, 0.15) is 31.7 Å². The number of carbonyl (C=O) groups is 2. The summed E-state index contributed by atoms with van der Waals surface area (Å²) in [6.45, 7) is 2.78. The van der Waals surface area contributed by atoms with E-state index < -0.39 is 28.7 Å². The van der Waals surface area contributed by atoms with Crippen LogP contribution in [-0.2, 0) is 23.8 Å². The second-order valence-electron chi connectivity index (χ2n) is 6.47. The number of ether oxygens (including phenoxy) is 3. The highest BCUT2D eigenvalue weighted by Gasteiger charge is 2.42. The lowest BCUT2D eigenvalue weighted by atomic mass is 9.75. The molecule has 1 aliphatic rings. The SMILES string of the molecule is COCOC(=O)C1C(C)=NC(C)=C(C(=O)OCCC#N)[C@@H]1c1cccc([N+](=O)[O-])c1. The maximum Gasteiger partial charge on any atom is 0.336 e. The number of aliphatic imine (C=N–C) groups is 1. The molecule has 0 fully saturated rings. The normalized spacial score (nSPS) is 18.3. The molecule has 158 valence electrons. The van der Waals surface area contributed by atoms with Gasteiger partial charge in [0.25, 0.3) is 5.69 Å². The molecule has 2 rings (SSSR count). The van der Waals surface area contributed by atoms with Gasteiger partial charge in [-0.2, -0.15) is 5.26 Å². The summed E-state index contributed by atoms with van der Waals surface area (Å²) >= 11 is 0. The average molecular weight is 415 g/mol. The molecule has 10 heteroatoms. The topological polar surface area (TPSA) is 141 Å². The minimum absolute atomic E-state index is 0.00114. The molecule has 0 amide bonds. The zero-order valence-corrected chi connectivity index (χ0v) is 16.8. The van der Waals surface area contributed by atoms with Crippen LogP contribution >= 0.6 is 0 Å². The number of benzene rings is 1. The molecule has 0 saturated heterocycles. The first kappa shape index (κ1) is 22.7. The predicted molar refractivity (Wildman–Crippen MR) is 104 cm³/mol. The smallest absolute Gasteiger partial charge is 0.336 e. The van der Waals surface area contributed by atoms with Crippen LogP contribution in [0.25, 0.3) is 0 Å². The Hall–Kier alpha value is -3.58. The van der Waals surface area contributed by atoms with Crippen molar-refractivity contribution in [1.29, 1.82) is 5.26 Å². The van der Waals surface area contributed by atoms with Gasteiger partial charge in [0.05, 0.1) is 23.0 Å². The van der Waals surface area contributed by atoms with Crippen molar-refractivity contribution in [2.45, 2.75) is 26.2 Å². The molecule has 10 nitrogen and oxygen atoms in total. The molecule has 1 unspecified atom stereocenters. The molecule has 0 N–H and O–H groups in total. The number of nitriles is 1. The fourth-order valence-corrected chi connectivity index (χ4v) is 3.27. The Labute approximate surface area is 172 Å². The van der Waals surface area contributed by atoms with Crippen molar-refractivity contribution < 1.29 is 28.7 Å². The number of allylic oxidation sites excluding steroid dienone is 1. The lowest BCUT2D eigenvalue weighted by Gasteiger charge is -2.31. The third kappa shape index (κ3) is 5.07. The summed E-state index contributed by atoms with van der Waals surface area (Å²) < 4.78 is 15.1. The van der Waals surface area contributed by atoms with E-state index in [1.165, 1.54) is 25.3 Å². The van der Waals surface area contributed by atoms with E-state index in [9.17, 15) is 19.7 Å². The standard InChI is InChI=1S/C20H21N3O7/c1-12-16(19(24)29-9-5-8-21)18(14-6-4-7-15(10-14)23(26)27)17(13(2)22-12)20(25)30-11-28-3/h4,6-7,10,17-18H,5,9,11H2,1-3H3/t17?,18-/m0/s1. The summed E-state index contributed by atoms with van der Waals surface area (Å²) in [7, 11) is 1.36. The molecule has 0 saturated carbocycles. The molecule has 0 radical (unpaired) electrons. The Balaban J connectivity index is 2.58. The van der Waals surface area contributed by atoms with Crippen molar-refractivity contribution in [3.8, 4) is 6.07 Å². The first-order valence-corrected chi connectivity index (χ1v) is 9.01. The number of hydrogen-bond donors (Lipinski definition) is 0. The summed E-state index contributed by atoms with van der Waals surface area (Å²) in [5.74, 6) is -3.37. The quantitative estimate of drug-likeness (QED) is 0.207. The van der Waals surface area contributed by atoms with Gasteiger partial charge in [-0.1, -0.05) is 12.1 Å². The Kier molecular flexibility index (Phi) is 7.77. The minimum atomic E-state index is -1.01. The zero-order valence-electron chi connectivity index (χ0n) is 16.8. The zero-order chi connectivity index (χ0) is 22.3. The largest absolute Gasteiger partial charge is 0.461 e. The van der Waals surface area contributed by atoms with Crippen molar-refractivity contribution in [3.05, 3.63) is 51.2 Å². The number of nitro groups is 1. The van der Waals surface area contributed by atoms with E-state index in [-0.39, 0.29) is 31.1 Å². The average Bonchev–Trinajstić information content (AvgIpc) is 2.71. The van der Waals surface area contributed by atoms with Gasteiger partial charge in [-0.3, -0.25) is 19.9 Å². The molecule has 1 aromatic rings. The summed E-state index contributed by atoms with van der Waals surface area (Å²) in [4.78, 5) is 40.6.